The van der Waals surface area contributed by atoms with E-state index in [4.69, 9.17) is 9.90 Å². The van der Waals surface area contributed by atoms with Gasteiger partial charge in [0.25, 0.3) is 5.91 Å². The third-order valence-electron chi connectivity index (χ3n) is 6.50. The number of hydrogen-bond donors (Lipinski definition) is 3. The van der Waals surface area contributed by atoms with Gasteiger partial charge in [0.15, 0.2) is 0 Å². The largest absolute Gasteiger partial charge is 0.490 e. The van der Waals surface area contributed by atoms with Crippen LogP contribution in [0.3, 0.4) is 0 Å². The molecule has 3 aliphatic rings. The van der Waals surface area contributed by atoms with Crippen LogP contribution >= 0.6 is 0 Å². The Hall–Kier alpha value is -4.16. The molecule has 2 aromatic rings. The molecule has 2 saturated heterocycles. The lowest BCUT2D eigenvalue weighted by molar-refractivity contribution is -0.192. The molecule has 38 heavy (non-hydrogen) atoms. The topological polar surface area (TPSA) is 132 Å². The fourth-order valence-electron chi connectivity index (χ4n) is 4.54. The van der Waals surface area contributed by atoms with Crippen LogP contribution in [-0.4, -0.2) is 64.0 Å². The van der Waals surface area contributed by atoms with Crippen LogP contribution < -0.4 is 15.5 Å². The Morgan fingerprint density at radius 2 is 1.84 bits per heavy atom. The van der Waals surface area contributed by atoms with Crippen LogP contribution in [-0.2, 0) is 27.5 Å². The van der Waals surface area contributed by atoms with Gasteiger partial charge in [0, 0.05) is 50.0 Å². The van der Waals surface area contributed by atoms with Crippen molar-refractivity contribution in [3.05, 3.63) is 53.2 Å². The van der Waals surface area contributed by atoms with Gasteiger partial charge in [-0.2, -0.15) is 13.2 Å². The summed E-state index contributed by atoms with van der Waals surface area (Å²) in [5.41, 5.74) is 3.51. The molecule has 0 bridgehead atoms. The minimum atomic E-state index is -5.08. The Balaban J connectivity index is 0.000000426. The summed E-state index contributed by atoms with van der Waals surface area (Å²) in [5.74, 6) is -2.54. The van der Waals surface area contributed by atoms with Crippen LogP contribution in [0.4, 0.5) is 24.7 Å². The second kappa shape index (κ2) is 11.1. The van der Waals surface area contributed by atoms with Gasteiger partial charge in [-0.05, 0) is 54.7 Å². The molecule has 1 unspecified atom stereocenters. The first-order valence-corrected chi connectivity index (χ1v) is 12.0. The van der Waals surface area contributed by atoms with Crippen LogP contribution in [0.5, 0.6) is 0 Å². The second-order valence-electron chi connectivity index (χ2n) is 9.15. The van der Waals surface area contributed by atoms with Gasteiger partial charge in [0.05, 0.1) is 0 Å². The Morgan fingerprint density at radius 1 is 1.13 bits per heavy atom. The number of carboxylic acid groups (broad SMARTS) is 1. The molecule has 1 aromatic heterocycles. The van der Waals surface area contributed by atoms with Crippen molar-refractivity contribution in [2.45, 2.75) is 51.0 Å². The molecule has 1 atom stereocenters. The van der Waals surface area contributed by atoms with Gasteiger partial charge in [-0.25, -0.2) is 9.78 Å². The quantitative estimate of drug-likeness (QED) is 0.500. The molecule has 3 N–H and O–H groups in total. The average molecular weight is 534 g/mol. The molecule has 10 nitrogen and oxygen atoms in total. The van der Waals surface area contributed by atoms with Gasteiger partial charge in [-0.15, -0.1) is 0 Å². The van der Waals surface area contributed by atoms with E-state index in [1.54, 1.807) is 11.0 Å². The van der Waals surface area contributed by atoms with Gasteiger partial charge < -0.3 is 20.2 Å². The van der Waals surface area contributed by atoms with Crippen LogP contribution in [0.15, 0.2) is 36.5 Å². The van der Waals surface area contributed by atoms with E-state index in [1.165, 1.54) is 12.8 Å². The normalized spacial score (nSPS) is 19.0. The van der Waals surface area contributed by atoms with E-state index in [9.17, 15) is 27.6 Å². The number of pyridine rings is 1. The number of rotatable bonds is 5. The fourth-order valence-corrected chi connectivity index (χ4v) is 4.54. The van der Waals surface area contributed by atoms with E-state index in [2.05, 4.69) is 32.7 Å². The van der Waals surface area contributed by atoms with Crippen LogP contribution in [0.1, 0.15) is 47.2 Å². The molecule has 0 saturated carbocycles. The third kappa shape index (κ3) is 6.21. The van der Waals surface area contributed by atoms with Gasteiger partial charge in [-0.3, -0.25) is 19.7 Å². The summed E-state index contributed by atoms with van der Waals surface area (Å²) in [6.45, 7) is 3.17. The number of nitrogens with one attached hydrogen (secondary N) is 2. The SMILES string of the molecule is O=C(O)C(F)(F)F.O=C1CCC(N2Cc3cc(NCc4ccc(N5CCCC5)nc4)ccc3C2=O)C(=O)N1. The number of carbonyl (C=O) groups is 4. The third-order valence-corrected chi connectivity index (χ3v) is 6.50. The molecule has 3 amide bonds. The number of anilines is 2. The van der Waals surface area contributed by atoms with E-state index < -0.39 is 18.2 Å². The number of hydrogen-bond acceptors (Lipinski definition) is 7. The lowest BCUT2D eigenvalue weighted by Crippen LogP contribution is -2.52. The van der Waals surface area contributed by atoms with Crippen LogP contribution in [0, 0.1) is 0 Å². The highest BCUT2D eigenvalue weighted by molar-refractivity contribution is 6.05. The van der Waals surface area contributed by atoms with E-state index in [0.717, 1.165) is 35.7 Å². The molecule has 5 rings (SSSR count). The number of halogens is 3. The first kappa shape index (κ1) is 26.9. The number of carbonyl (C=O) groups excluding carboxylic acids is 3. The standard InChI is InChI=1S/C23H25N5O3.C2HF3O2/c29-21-8-6-19(22(30)26-21)28-14-16-11-17(4-5-18(16)23(28)31)24-12-15-3-7-20(25-13-15)27-9-1-2-10-27;3-2(4,5)1(6)7/h3-5,7,11,13,19,24H,1-2,6,8-10,12,14H2,(H,26,29,30);(H,6,7). The van der Waals surface area contributed by atoms with Crippen molar-refractivity contribution in [2.24, 2.45) is 0 Å². The zero-order valence-electron chi connectivity index (χ0n) is 20.3. The lowest BCUT2D eigenvalue weighted by Gasteiger charge is -2.29. The van der Waals surface area contributed by atoms with E-state index in [-0.39, 0.29) is 24.1 Å². The number of aromatic nitrogens is 1. The number of piperidine rings is 1. The minimum Gasteiger partial charge on any atom is -0.475 e. The van der Waals surface area contributed by atoms with Crippen molar-refractivity contribution in [1.82, 2.24) is 15.2 Å². The summed E-state index contributed by atoms with van der Waals surface area (Å²) >= 11 is 0. The smallest absolute Gasteiger partial charge is 0.475 e. The van der Waals surface area contributed by atoms with Crippen LogP contribution in [0.2, 0.25) is 0 Å². The molecule has 4 heterocycles. The van der Waals surface area contributed by atoms with Gasteiger partial charge >= 0.3 is 12.1 Å². The number of fused-ring (bicyclic) bond motifs is 1. The average Bonchev–Trinajstić information content (AvgIpc) is 3.52. The number of imide groups is 1. The highest BCUT2D eigenvalue weighted by atomic mass is 19.4. The first-order chi connectivity index (χ1) is 18.0. The molecule has 3 aliphatic heterocycles. The van der Waals surface area contributed by atoms with Crippen molar-refractivity contribution in [3.63, 3.8) is 0 Å². The maximum Gasteiger partial charge on any atom is 0.490 e. The monoisotopic (exact) mass is 533 g/mol. The molecular formula is C25H26F3N5O5. The van der Waals surface area contributed by atoms with Crippen molar-refractivity contribution in [2.75, 3.05) is 23.3 Å². The molecular weight excluding hydrogens is 507 g/mol. The number of nitrogens with zero attached hydrogens (tertiary/aromatic N) is 3. The van der Waals surface area contributed by atoms with Gasteiger partial charge in [0.1, 0.15) is 11.9 Å². The molecule has 2 fully saturated rings. The van der Waals surface area contributed by atoms with Crippen molar-refractivity contribution in [1.29, 1.82) is 0 Å². The number of benzene rings is 1. The minimum absolute atomic E-state index is 0.155. The number of aliphatic carboxylic acids is 1. The molecule has 0 aliphatic carbocycles. The van der Waals surface area contributed by atoms with E-state index in [1.807, 2.05) is 18.3 Å². The van der Waals surface area contributed by atoms with E-state index in [0.29, 0.717) is 25.1 Å². The molecule has 0 spiro atoms. The predicted octanol–water partition coefficient (Wildman–Crippen LogP) is 2.69. The fraction of sp³-hybridized carbons (Fsp3) is 0.400. The maximum absolute atomic E-state index is 12.8. The number of alkyl halides is 3. The number of amides is 3. The predicted molar refractivity (Wildman–Crippen MR) is 129 cm³/mol. The van der Waals surface area contributed by atoms with Gasteiger partial charge in [0.2, 0.25) is 11.8 Å². The summed E-state index contributed by atoms with van der Waals surface area (Å²) < 4.78 is 31.7. The van der Waals surface area contributed by atoms with E-state index >= 15 is 0 Å². The van der Waals surface area contributed by atoms with Crippen molar-refractivity contribution in [3.8, 4) is 0 Å². The zero-order chi connectivity index (χ0) is 27.4. The second-order valence-corrected chi connectivity index (χ2v) is 9.15. The molecule has 13 heteroatoms. The Bertz CT molecular complexity index is 1230. The summed E-state index contributed by atoms with van der Waals surface area (Å²) in [7, 11) is 0. The number of carboxylic acids is 1. The first-order valence-electron chi connectivity index (χ1n) is 12.0. The highest BCUT2D eigenvalue weighted by Crippen LogP contribution is 2.29. The summed E-state index contributed by atoms with van der Waals surface area (Å²) in [6, 6.07) is 9.23. The summed E-state index contributed by atoms with van der Waals surface area (Å²) in [4.78, 5) is 53.7. The lowest BCUT2D eigenvalue weighted by atomic mass is 10.0. The highest BCUT2D eigenvalue weighted by Gasteiger charge is 2.39. The molecule has 202 valence electrons. The van der Waals surface area contributed by atoms with Crippen molar-refractivity contribution < 1.29 is 37.5 Å². The molecule has 0 radical (unpaired) electrons. The van der Waals surface area contributed by atoms with Crippen molar-refractivity contribution >= 4 is 35.2 Å². The Kier molecular flexibility index (Phi) is 7.83. The Morgan fingerprint density at radius 3 is 2.45 bits per heavy atom. The summed E-state index contributed by atoms with van der Waals surface area (Å²) in [5, 5.41) is 12.9. The zero-order valence-corrected chi connectivity index (χ0v) is 20.3. The van der Waals surface area contributed by atoms with Crippen LogP contribution in [0.25, 0.3) is 0 Å². The molecule has 1 aromatic carbocycles. The Labute approximate surface area is 215 Å². The van der Waals surface area contributed by atoms with Gasteiger partial charge in [-0.1, -0.05) is 6.07 Å². The maximum atomic E-state index is 12.8. The summed E-state index contributed by atoms with van der Waals surface area (Å²) in [6.07, 6.45) is -0.0916.